The minimum Gasteiger partial charge on any atom is -0.490 e. The first kappa shape index (κ1) is 14.4. The third-order valence-corrected chi connectivity index (χ3v) is 2.98. The lowest BCUT2D eigenvalue weighted by atomic mass is 10.0. The monoisotopic (exact) mass is 272 g/mol. The molecule has 0 saturated carbocycles. The third-order valence-electron chi connectivity index (χ3n) is 2.98. The summed E-state index contributed by atoms with van der Waals surface area (Å²) in [5, 5.41) is 2.07. The number of carbonyl (C=O) groups excluding carboxylic acids is 1. The number of carbonyl (C=O) groups is 1. The first-order chi connectivity index (χ1) is 9.61. The Hall–Kier alpha value is -2.03. The number of esters is 1. The van der Waals surface area contributed by atoms with E-state index in [2.05, 4.69) is 0 Å². The second-order valence-corrected chi connectivity index (χ2v) is 4.92. The fourth-order valence-corrected chi connectivity index (χ4v) is 2.21. The van der Waals surface area contributed by atoms with E-state index >= 15 is 0 Å². The molecule has 0 N–H and O–H groups in total. The molecule has 0 spiro atoms. The van der Waals surface area contributed by atoms with E-state index in [0.717, 1.165) is 22.1 Å². The van der Waals surface area contributed by atoms with Gasteiger partial charge in [0.05, 0.1) is 19.1 Å². The van der Waals surface area contributed by atoms with E-state index in [1.165, 1.54) is 0 Å². The Morgan fingerprint density at radius 3 is 2.45 bits per heavy atom. The van der Waals surface area contributed by atoms with Crippen molar-refractivity contribution in [2.45, 2.75) is 33.3 Å². The molecule has 0 fully saturated rings. The molecule has 3 nitrogen and oxygen atoms in total. The molecule has 0 heterocycles. The van der Waals surface area contributed by atoms with Crippen molar-refractivity contribution in [1.29, 1.82) is 0 Å². The molecule has 2 aromatic rings. The summed E-state index contributed by atoms with van der Waals surface area (Å²) in [6.07, 6.45) is 0.408. The maximum absolute atomic E-state index is 11.7. The predicted octanol–water partition coefficient (Wildman–Crippen LogP) is 3.73. The molecule has 0 radical (unpaired) electrons. The number of benzene rings is 2. The summed E-state index contributed by atoms with van der Waals surface area (Å²) in [4.78, 5) is 11.7. The SMILES string of the molecule is CCOC(=O)Cc1ccc(OC(C)C)c2ccccc12. The third kappa shape index (κ3) is 3.29. The molecular weight excluding hydrogens is 252 g/mol. The summed E-state index contributed by atoms with van der Waals surface area (Å²) in [6.45, 7) is 6.23. The normalized spacial score (nSPS) is 10.8. The van der Waals surface area contributed by atoms with Gasteiger partial charge in [-0.1, -0.05) is 30.3 Å². The van der Waals surface area contributed by atoms with Gasteiger partial charge in [0.2, 0.25) is 0 Å². The second-order valence-electron chi connectivity index (χ2n) is 4.92. The maximum Gasteiger partial charge on any atom is 0.310 e. The molecular formula is C17H20O3. The summed E-state index contributed by atoms with van der Waals surface area (Å²) in [5.41, 5.74) is 0.968. The fourth-order valence-electron chi connectivity index (χ4n) is 2.21. The van der Waals surface area contributed by atoms with Gasteiger partial charge in [0, 0.05) is 5.39 Å². The van der Waals surface area contributed by atoms with Gasteiger partial charge in [-0.25, -0.2) is 0 Å². The Kier molecular flexibility index (Phi) is 4.61. The van der Waals surface area contributed by atoms with Gasteiger partial charge >= 0.3 is 5.97 Å². The molecule has 3 heteroatoms. The van der Waals surface area contributed by atoms with E-state index < -0.39 is 0 Å². The van der Waals surface area contributed by atoms with Crippen molar-refractivity contribution < 1.29 is 14.3 Å². The molecule has 20 heavy (non-hydrogen) atoms. The van der Waals surface area contributed by atoms with Gasteiger partial charge in [-0.2, -0.15) is 0 Å². The summed E-state index contributed by atoms with van der Waals surface area (Å²) >= 11 is 0. The van der Waals surface area contributed by atoms with Crippen LogP contribution in [0.2, 0.25) is 0 Å². The molecule has 0 amide bonds. The number of rotatable bonds is 5. The molecule has 106 valence electrons. The number of fused-ring (bicyclic) bond motifs is 1. The van der Waals surface area contributed by atoms with E-state index in [4.69, 9.17) is 9.47 Å². The molecule has 0 atom stereocenters. The maximum atomic E-state index is 11.7. The summed E-state index contributed by atoms with van der Waals surface area (Å²) < 4.78 is 10.8. The minimum atomic E-state index is -0.199. The van der Waals surface area contributed by atoms with Crippen molar-refractivity contribution in [1.82, 2.24) is 0 Å². The van der Waals surface area contributed by atoms with Crippen LogP contribution >= 0.6 is 0 Å². The van der Waals surface area contributed by atoms with Gasteiger partial charge < -0.3 is 9.47 Å². The van der Waals surface area contributed by atoms with Crippen LogP contribution in [0, 0.1) is 0 Å². The topological polar surface area (TPSA) is 35.5 Å². The molecule has 0 unspecified atom stereocenters. The van der Waals surface area contributed by atoms with Crippen molar-refractivity contribution >= 4 is 16.7 Å². The zero-order chi connectivity index (χ0) is 14.5. The summed E-state index contributed by atoms with van der Waals surface area (Å²) in [7, 11) is 0. The van der Waals surface area contributed by atoms with Crippen LogP contribution in [0.4, 0.5) is 0 Å². The van der Waals surface area contributed by atoms with E-state index in [9.17, 15) is 4.79 Å². The lowest BCUT2D eigenvalue weighted by Gasteiger charge is -2.14. The highest BCUT2D eigenvalue weighted by molar-refractivity contribution is 5.93. The average Bonchev–Trinajstić information content (AvgIpc) is 2.41. The van der Waals surface area contributed by atoms with Crippen LogP contribution in [0.1, 0.15) is 26.3 Å². The van der Waals surface area contributed by atoms with E-state index in [-0.39, 0.29) is 18.5 Å². The van der Waals surface area contributed by atoms with E-state index in [0.29, 0.717) is 6.61 Å². The Morgan fingerprint density at radius 2 is 1.80 bits per heavy atom. The van der Waals surface area contributed by atoms with Gasteiger partial charge in [0.15, 0.2) is 0 Å². The zero-order valence-electron chi connectivity index (χ0n) is 12.2. The van der Waals surface area contributed by atoms with Crippen molar-refractivity contribution in [3.05, 3.63) is 42.0 Å². The highest BCUT2D eigenvalue weighted by Crippen LogP contribution is 2.29. The summed E-state index contributed by atoms with van der Waals surface area (Å²) in [6, 6.07) is 11.8. The quantitative estimate of drug-likeness (QED) is 0.778. The molecule has 0 aliphatic carbocycles. The van der Waals surface area contributed by atoms with Crippen LogP contribution in [-0.4, -0.2) is 18.7 Å². The van der Waals surface area contributed by atoms with E-state index in [1.54, 1.807) is 0 Å². The van der Waals surface area contributed by atoms with Crippen molar-refractivity contribution in [3.8, 4) is 5.75 Å². The first-order valence-electron chi connectivity index (χ1n) is 6.94. The Labute approximate surface area is 119 Å². The van der Waals surface area contributed by atoms with Gasteiger partial charge in [0.25, 0.3) is 0 Å². The van der Waals surface area contributed by atoms with Gasteiger partial charge in [-0.15, -0.1) is 0 Å². The van der Waals surface area contributed by atoms with Crippen LogP contribution in [0.3, 0.4) is 0 Å². The molecule has 0 aliphatic heterocycles. The number of hydrogen-bond donors (Lipinski definition) is 0. The molecule has 0 aromatic heterocycles. The summed E-state index contributed by atoms with van der Waals surface area (Å²) in [5.74, 6) is 0.651. The van der Waals surface area contributed by atoms with Crippen molar-refractivity contribution in [2.24, 2.45) is 0 Å². The minimum absolute atomic E-state index is 0.120. The molecule has 2 aromatic carbocycles. The van der Waals surface area contributed by atoms with Crippen LogP contribution in [0.5, 0.6) is 5.75 Å². The fraction of sp³-hybridized carbons (Fsp3) is 0.353. The molecule has 2 rings (SSSR count). The number of ether oxygens (including phenoxy) is 2. The first-order valence-corrected chi connectivity index (χ1v) is 6.94. The van der Waals surface area contributed by atoms with Gasteiger partial charge in [-0.3, -0.25) is 4.79 Å². The number of hydrogen-bond acceptors (Lipinski definition) is 3. The zero-order valence-corrected chi connectivity index (χ0v) is 12.2. The van der Waals surface area contributed by atoms with E-state index in [1.807, 2.05) is 57.2 Å². The Balaban J connectivity index is 2.40. The highest BCUT2D eigenvalue weighted by Gasteiger charge is 2.11. The molecule has 0 bridgehead atoms. The lowest BCUT2D eigenvalue weighted by molar-refractivity contribution is -0.142. The van der Waals surface area contributed by atoms with Crippen LogP contribution in [0.25, 0.3) is 10.8 Å². The lowest BCUT2D eigenvalue weighted by Crippen LogP contribution is -2.09. The predicted molar refractivity (Wildman–Crippen MR) is 80.0 cm³/mol. The molecule has 0 saturated heterocycles. The Morgan fingerprint density at radius 1 is 1.10 bits per heavy atom. The van der Waals surface area contributed by atoms with Crippen molar-refractivity contribution in [3.63, 3.8) is 0 Å². The Bertz CT molecular complexity index is 602. The molecule has 0 aliphatic rings. The average molecular weight is 272 g/mol. The van der Waals surface area contributed by atoms with Gasteiger partial charge in [-0.05, 0) is 37.8 Å². The smallest absolute Gasteiger partial charge is 0.310 e. The standard InChI is InChI=1S/C17H20O3/c1-4-19-17(18)11-13-9-10-16(20-12(2)3)15-8-6-5-7-14(13)15/h5-10,12H,4,11H2,1-3H3. The largest absolute Gasteiger partial charge is 0.490 e. The second kappa shape index (κ2) is 6.42. The van der Waals surface area contributed by atoms with Crippen LogP contribution in [0.15, 0.2) is 36.4 Å². The van der Waals surface area contributed by atoms with Crippen molar-refractivity contribution in [2.75, 3.05) is 6.61 Å². The van der Waals surface area contributed by atoms with Crippen LogP contribution < -0.4 is 4.74 Å². The van der Waals surface area contributed by atoms with Gasteiger partial charge in [0.1, 0.15) is 5.75 Å². The highest BCUT2D eigenvalue weighted by atomic mass is 16.5. The van der Waals surface area contributed by atoms with Crippen LogP contribution in [-0.2, 0) is 16.0 Å².